The molecule has 2 rings (SSSR count). The van der Waals surface area contributed by atoms with Gasteiger partial charge >= 0.3 is 11.8 Å². The first-order valence-corrected chi connectivity index (χ1v) is 6.71. The summed E-state index contributed by atoms with van der Waals surface area (Å²) in [5.41, 5.74) is 7.38. The second kappa shape index (κ2) is 6.80. The average Bonchev–Trinajstić information content (AvgIpc) is 2.50. The third kappa shape index (κ3) is 3.88. The average molecular weight is 301 g/mol. The number of nitrogens with two attached hydrogens (primary N) is 1. The normalized spacial score (nSPS) is 10.3. The largest absolute Gasteiger partial charge is 0.361 e. The van der Waals surface area contributed by atoms with Gasteiger partial charge in [0.2, 0.25) is 0 Å². The molecule has 0 unspecified atom stereocenters. The van der Waals surface area contributed by atoms with Gasteiger partial charge in [-0.15, -0.1) is 0 Å². The van der Waals surface area contributed by atoms with Crippen molar-refractivity contribution in [1.29, 1.82) is 0 Å². The van der Waals surface area contributed by atoms with E-state index in [0.29, 0.717) is 11.3 Å². The third-order valence-corrected chi connectivity index (χ3v) is 3.24. The summed E-state index contributed by atoms with van der Waals surface area (Å²) in [4.78, 5) is 28.7. The maximum Gasteiger partial charge on any atom is 0.312 e. The Morgan fingerprint density at radius 2 is 1.86 bits per heavy atom. The Kier molecular flexibility index (Phi) is 4.83. The van der Waals surface area contributed by atoms with Gasteiger partial charge in [0.1, 0.15) is 5.82 Å². The number of hydrogen-bond donors (Lipinski definition) is 1. The standard InChI is InChI=1S/C16H16FN3O2/c1-11-3-2-8-19-14(11)10-20(16(22)15(18)21)9-12-4-6-13(17)7-5-12/h2-8H,9-10H2,1H3,(H2,18,21). The molecule has 2 aromatic rings. The molecule has 5 nitrogen and oxygen atoms in total. The molecule has 1 heterocycles. The van der Waals surface area contributed by atoms with Crippen LogP contribution >= 0.6 is 0 Å². The molecule has 0 aliphatic rings. The van der Waals surface area contributed by atoms with Gasteiger partial charge in [-0.2, -0.15) is 0 Å². The highest BCUT2D eigenvalue weighted by molar-refractivity contribution is 6.34. The molecule has 2 N–H and O–H groups in total. The number of carbonyl (C=O) groups excluding carboxylic acids is 2. The van der Waals surface area contributed by atoms with Crippen LogP contribution in [0.2, 0.25) is 0 Å². The minimum atomic E-state index is -1.03. The van der Waals surface area contributed by atoms with Crippen LogP contribution in [0.15, 0.2) is 42.6 Å². The quantitative estimate of drug-likeness (QED) is 0.870. The minimum absolute atomic E-state index is 0.151. The fourth-order valence-corrected chi connectivity index (χ4v) is 2.03. The van der Waals surface area contributed by atoms with Crippen molar-refractivity contribution in [3.05, 3.63) is 65.2 Å². The Morgan fingerprint density at radius 3 is 2.45 bits per heavy atom. The summed E-state index contributed by atoms with van der Waals surface area (Å²) in [6.45, 7) is 2.18. The van der Waals surface area contributed by atoms with Crippen LogP contribution in [-0.2, 0) is 22.7 Å². The van der Waals surface area contributed by atoms with Crippen molar-refractivity contribution in [2.24, 2.45) is 5.73 Å². The van der Waals surface area contributed by atoms with Crippen molar-refractivity contribution < 1.29 is 14.0 Å². The summed E-state index contributed by atoms with van der Waals surface area (Å²) < 4.78 is 12.9. The smallest absolute Gasteiger partial charge is 0.312 e. The molecule has 2 amide bonds. The van der Waals surface area contributed by atoms with Crippen molar-refractivity contribution >= 4 is 11.8 Å². The molecule has 0 aliphatic heterocycles. The first kappa shape index (κ1) is 15.6. The molecule has 0 saturated heterocycles. The molecule has 0 bridgehead atoms. The van der Waals surface area contributed by atoms with Crippen molar-refractivity contribution in [2.75, 3.05) is 0 Å². The molecule has 1 aromatic carbocycles. The lowest BCUT2D eigenvalue weighted by Gasteiger charge is -2.21. The van der Waals surface area contributed by atoms with Gasteiger partial charge in [-0.05, 0) is 36.2 Å². The van der Waals surface area contributed by atoms with Crippen LogP contribution in [0.4, 0.5) is 4.39 Å². The summed E-state index contributed by atoms with van der Waals surface area (Å²) in [5.74, 6) is -2.19. The zero-order valence-corrected chi connectivity index (χ0v) is 12.1. The van der Waals surface area contributed by atoms with Crippen LogP contribution in [0.25, 0.3) is 0 Å². The highest BCUT2D eigenvalue weighted by atomic mass is 19.1. The van der Waals surface area contributed by atoms with Gasteiger partial charge in [-0.25, -0.2) is 4.39 Å². The van der Waals surface area contributed by atoms with Gasteiger partial charge in [0.15, 0.2) is 0 Å². The topological polar surface area (TPSA) is 76.3 Å². The van der Waals surface area contributed by atoms with Crippen LogP contribution < -0.4 is 5.73 Å². The molecular formula is C16H16FN3O2. The lowest BCUT2D eigenvalue weighted by molar-refractivity contribution is -0.145. The Labute approximate surface area is 127 Å². The maximum atomic E-state index is 12.9. The van der Waals surface area contributed by atoms with E-state index in [1.54, 1.807) is 24.4 Å². The zero-order chi connectivity index (χ0) is 16.1. The maximum absolute atomic E-state index is 12.9. The highest BCUT2D eigenvalue weighted by Crippen LogP contribution is 2.12. The molecule has 1 aromatic heterocycles. The van der Waals surface area contributed by atoms with Crippen LogP contribution in [0.3, 0.4) is 0 Å². The van der Waals surface area contributed by atoms with Gasteiger partial charge in [-0.1, -0.05) is 18.2 Å². The Bertz CT molecular complexity index is 686. The van der Waals surface area contributed by atoms with E-state index in [2.05, 4.69) is 4.98 Å². The summed E-state index contributed by atoms with van der Waals surface area (Å²) in [6, 6.07) is 9.37. The minimum Gasteiger partial charge on any atom is -0.361 e. The van der Waals surface area contributed by atoms with E-state index < -0.39 is 11.8 Å². The van der Waals surface area contributed by atoms with Crippen LogP contribution in [0.5, 0.6) is 0 Å². The number of benzene rings is 1. The van der Waals surface area contributed by atoms with E-state index in [-0.39, 0.29) is 18.9 Å². The number of aromatic nitrogens is 1. The summed E-state index contributed by atoms with van der Waals surface area (Å²) in [5, 5.41) is 0. The number of nitrogens with zero attached hydrogens (tertiary/aromatic N) is 2. The molecule has 22 heavy (non-hydrogen) atoms. The number of rotatable bonds is 4. The molecular weight excluding hydrogens is 285 g/mol. The second-order valence-electron chi connectivity index (χ2n) is 4.92. The molecule has 0 fully saturated rings. The number of halogens is 1. The van der Waals surface area contributed by atoms with E-state index >= 15 is 0 Å². The van der Waals surface area contributed by atoms with Crippen molar-refractivity contribution in [3.63, 3.8) is 0 Å². The van der Waals surface area contributed by atoms with E-state index in [1.165, 1.54) is 17.0 Å². The Morgan fingerprint density at radius 1 is 1.18 bits per heavy atom. The molecule has 6 heteroatoms. The molecule has 0 spiro atoms. The zero-order valence-electron chi connectivity index (χ0n) is 12.1. The van der Waals surface area contributed by atoms with Gasteiger partial charge in [0, 0.05) is 12.7 Å². The van der Waals surface area contributed by atoms with Crippen molar-refractivity contribution in [1.82, 2.24) is 9.88 Å². The third-order valence-electron chi connectivity index (χ3n) is 3.24. The van der Waals surface area contributed by atoms with Gasteiger partial charge in [0.25, 0.3) is 0 Å². The SMILES string of the molecule is Cc1cccnc1CN(Cc1ccc(F)cc1)C(=O)C(N)=O. The number of aryl methyl sites for hydroxylation is 1. The summed E-state index contributed by atoms with van der Waals surface area (Å²) >= 11 is 0. The van der Waals surface area contributed by atoms with Gasteiger partial charge < -0.3 is 10.6 Å². The van der Waals surface area contributed by atoms with Crippen molar-refractivity contribution in [2.45, 2.75) is 20.0 Å². The van der Waals surface area contributed by atoms with Crippen LogP contribution in [0, 0.1) is 12.7 Å². The number of hydrogen-bond acceptors (Lipinski definition) is 3. The molecule has 114 valence electrons. The molecule has 0 atom stereocenters. The van der Waals surface area contributed by atoms with Gasteiger partial charge in [-0.3, -0.25) is 14.6 Å². The first-order chi connectivity index (χ1) is 10.5. The number of amides is 2. The number of carbonyl (C=O) groups is 2. The van der Waals surface area contributed by atoms with E-state index in [0.717, 1.165) is 5.56 Å². The van der Waals surface area contributed by atoms with Crippen LogP contribution in [-0.4, -0.2) is 21.7 Å². The molecule has 0 saturated carbocycles. The highest BCUT2D eigenvalue weighted by Gasteiger charge is 2.20. The number of pyridine rings is 1. The fraction of sp³-hybridized carbons (Fsp3) is 0.188. The fourth-order valence-electron chi connectivity index (χ4n) is 2.03. The predicted molar refractivity (Wildman–Crippen MR) is 78.8 cm³/mol. The molecule has 0 radical (unpaired) electrons. The Balaban J connectivity index is 2.23. The second-order valence-corrected chi connectivity index (χ2v) is 4.92. The lowest BCUT2D eigenvalue weighted by Crippen LogP contribution is -2.39. The van der Waals surface area contributed by atoms with E-state index in [1.807, 2.05) is 13.0 Å². The van der Waals surface area contributed by atoms with Crippen molar-refractivity contribution in [3.8, 4) is 0 Å². The van der Waals surface area contributed by atoms with E-state index in [4.69, 9.17) is 5.73 Å². The van der Waals surface area contributed by atoms with Gasteiger partial charge in [0.05, 0.1) is 12.2 Å². The predicted octanol–water partition coefficient (Wildman–Crippen LogP) is 1.54. The monoisotopic (exact) mass is 301 g/mol. The first-order valence-electron chi connectivity index (χ1n) is 6.71. The summed E-state index contributed by atoms with van der Waals surface area (Å²) in [7, 11) is 0. The summed E-state index contributed by atoms with van der Waals surface area (Å²) in [6.07, 6.45) is 1.62. The lowest BCUT2D eigenvalue weighted by atomic mass is 10.1. The molecule has 0 aliphatic carbocycles. The Hall–Kier alpha value is -2.76. The van der Waals surface area contributed by atoms with E-state index in [9.17, 15) is 14.0 Å². The number of primary amides is 1. The van der Waals surface area contributed by atoms with Crippen LogP contribution in [0.1, 0.15) is 16.8 Å².